The monoisotopic (exact) mass is 224 g/mol. The molecule has 2 nitrogen and oxygen atoms in total. The molecule has 2 saturated carbocycles. The van der Waals surface area contributed by atoms with Gasteiger partial charge in [-0.2, -0.15) is 0 Å². The van der Waals surface area contributed by atoms with Gasteiger partial charge in [-0.1, -0.05) is 20.8 Å². The van der Waals surface area contributed by atoms with Crippen LogP contribution in [0.5, 0.6) is 0 Å². The molecule has 2 fully saturated rings. The van der Waals surface area contributed by atoms with Crippen LogP contribution >= 0.6 is 0 Å². The van der Waals surface area contributed by atoms with Crippen LogP contribution in [-0.2, 0) is 0 Å². The summed E-state index contributed by atoms with van der Waals surface area (Å²) in [5, 5.41) is 3.57. The summed E-state index contributed by atoms with van der Waals surface area (Å²) >= 11 is 0. The largest absolute Gasteiger partial charge is 0.330 e. The third-order valence-electron chi connectivity index (χ3n) is 5.12. The van der Waals surface area contributed by atoms with Gasteiger partial charge < -0.3 is 11.1 Å². The van der Waals surface area contributed by atoms with E-state index in [4.69, 9.17) is 5.73 Å². The molecule has 94 valence electrons. The smallest absolute Gasteiger partial charge is 0.0121 e. The van der Waals surface area contributed by atoms with E-state index in [0.29, 0.717) is 5.41 Å². The predicted molar refractivity (Wildman–Crippen MR) is 69.2 cm³/mol. The maximum atomic E-state index is 5.98. The van der Waals surface area contributed by atoms with E-state index >= 15 is 0 Å². The Balaban J connectivity index is 2.20. The zero-order valence-electron chi connectivity index (χ0n) is 11.3. The number of hydrogen-bond donors (Lipinski definition) is 2. The van der Waals surface area contributed by atoms with E-state index in [2.05, 4.69) is 33.1 Å². The molecule has 5 unspecified atom stereocenters. The van der Waals surface area contributed by atoms with E-state index in [-0.39, 0.29) is 0 Å². The van der Waals surface area contributed by atoms with Gasteiger partial charge in [0, 0.05) is 6.04 Å². The van der Waals surface area contributed by atoms with Crippen LogP contribution in [0.4, 0.5) is 0 Å². The van der Waals surface area contributed by atoms with Crippen molar-refractivity contribution in [1.29, 1.82) is 0 Å². The van der Waals surface area contributed by atoms with Crippen LogP contribution in [0.25, 0.3) is 0 Å². The first-order valence-corrected chi connectivity index (χ1v) is 6.86. The van der Waals surface area contributed by atoms with E-state index in [0.717, 1.165) is 36.3 Å². The lowest BCUT2D eigenvalue weighted by Gasteiger charge is -2.43. The lowest BCUT2D eigenvalue weighted by atomic mass is 9.67. The van der Waals surface area contributed by atoms with Crippen LogP contribution in [0.15, 0.2) is 0 Å². The van der Waals surface area contributed by atoms with Gasteiger partial charge in [0.05, 0.1) is 0 Å². The zero-order valence-corrected chi connectivity index (χ0v) is 11.3. The molecular weight excluding hydrogens is 196 g/mol. The molecule has 0 aromatic rings. The van der Waals surface area contributed by atoms with E-state index in [9.17, 15) is 0 Å². The number of nitrogens with two attached hydrogens (primary N) is 1. The molecule has 0 bridgehead atoms. The minimum absolute atomic E-state index is 0.530. The van der Waals surface area contributed by atoms with Gasteiger partial charge in [-0.25, -0.2) is 0 Å². The van der Waals surface area contributed by atoms with Crippen molar-refractivity contribution in [3.05, 3.63) is 0 Å². The van der Waals surface area contributed by atoms with Crippen molar-refractivity contribution < 1.29 is 0 Å². The zero-order chi connectivity index (χ0) is 11.9. The summed E-state index contributed by atoms with van der Waals surface area (Å²) in [6.45, 7) is 8.13. The molecule has 0 amide bonds. The fraction of sp³-hybridized carbons (Fsp3) is 1.00. The first-order valence-electron chi connectivity index (χ1n) is 6.86. The summed E-state index contributed by atoms with van der Waals surface area (Å²) in [4.78, 5) is 0. The number of hydrogen-bond acceptors (Lipinski definition) is 2. The Bertz CT molecular complexity index is 249. The second-order valence-corrected chi connectivity index (χ2v) is 6.92. The van der Waals surface area contributed by atoms with Crippen LogP contribution in [-0.4, -0.2) is 19.6 Å². The highest BCUT2D eigenvalue weighted by molar-refractivity contribution is 5.01. The van der Waals surface area contributed by atoms with Crippen molar-refractivity contribution in [2.45, 2.75) is 46.1 Å². The molecule has 2 rings (SSSR count). The number of nitrogens with one attached hydrogen (secondary N) is 1. The highest BCUT2D eigenvalue weighted by Crippen LogP contribution is 2.54. The molecule has 5 atom stereocenters. The van der Waals surface area contributed by atoms with Crippen molar-refractivity contribution in [2.24, 2.45) is 34.8 Å². The summed E-state index contributed by atoms with van der Waals surface area (Å²) in [5.41, 5.74) is 6.51. The van der Waals surface area contributed by atoms with Crippen LogP contribution in [0, 0.1) is 29.1 Å². The molecular formula is C14H28N2. The average Bonchev–Trinajstić information content (AvgIpc) is 2.52. The van der Waals surface area contributed by atoms with Crippen LogP contribution < -0.4 is 11.1 Å². The SMILES string of the molecule is CNC1C(C)CC(CN)C2CC(C)(C)CC21. The summed E-state index contributed by atoms with van der Waals surface area (Å²) in [5.74, 6) is 3.28. The Morgan fingerprint density at radius 3 is 2.44 bits per heavy atom. The molecule has 16 heavy (non-hydrogen) atoms. The van der Waals surface area contributed by atoms with Crippen molar-refractivity contribution in [3.8, 4) is 0 Å². The standard InChI is InChI=1S/C14H28N2/c1-9-5-10(8-15)11-6-14(2,3)7-12(11)13(9)16-4/h9-13,16H,5-8,15H2,1-4H3. The second-order valence-electron chi connectivity index (χ2n) is 6.92. The normalized spacial score (nSPS) is 46.7. The third kappa shape index (κ3) is 2.02. The van der Waals surface area contributed by atoms with Gasteiger partial charge in [-0.05, 0) is 61.9 Å². The molecule has 0 aromatic heterocycles. The third-order valence-corrected chi connectivity index (χ3v) is 5.12. The molecule has 0 heterocycles. The molecule has 2 aliphatic carbocycles. The second kappa shape index (κ2) is 4.30. The fourth-order valence-corrected chi connectivity index (χ4v) is 4.56. The van der Waals surface area contributed by atoms with Crippen LogP contribution in [0.1, 0.15) is 40.0 Å². The van der Waals surface area contributed by atoms with Gasteiger partial charge in [-0.3, -0.25) is 0 Å². The number of fused-ring (bicyclic) bond motifs is 1. The number of rotatable bonds is 2. The topological polar surface area (TPSA) is 38.0 Å². The Morgan fingerprint density at radius 1 is 1.25 bits per heavy atom. The fourth-order valence-electron chi connectivity index (χ4n) is 4.56. The van der Waals surface area contributed by atoms with Gasteiger partial charge >= 0.3 is 0 Å². The maximum Gasteiger partial charge on any atom is 0.0121 e. The van der Waals surface area contributed by atoms with E-state index < -0.39 is 0 Å². The van der Waals surface area contributed by atoms with E-state index in [1.165, 1.54) is 19.3 Å². The quantitative estimate of drug-likeness (QED) is 0.755. The van der Waals surface area contributed by atoms with Crippen LogP contribution in [0.3, 0.4) is 0 Å². The first kappa shape index (κ1) is 12.4. The summed E-state index contributed by atoms with van der Waals surface area (Å²) in [7, 11) is 2.13. The summed E-state index contributed by atoms with van der Waals surface area (Å²) in [6, 6.07) is 0.717. The molecule has 0 saturated heterocycles. The Labute approximate surface area is 100 Å². The summed E-state index contributed by atoms with van der Waals surface area (Å²) < 4.78 is 0. The summed E-state index contributed by atoms with van der Waals surface area (Å²) in [6.07, 6.45) is 4.08. The van der Waals surface area contributed by atoms with E-state index in [1.54, 1.807) is 0 Å². The highest BCUT2D eigenvalue weighted by Gasteiger charge is 2.49. The molecule has 3 N–H and O–H groups in total. The molecule has 0 aliphatic heterocycles. The molecule has 0 radical (unpaired) electrons. The van der Waals surface area contributed by atoms with Gasteiger partial charge in [-0.15, -0.1) is 0 Å². The average molecular weight is 224 g/mol. The maximum absolute atomic E-state index is 5.98. The van der Waals surface area contributed by atoms with Crippen molar-refractivity contribution in [2.75, 3.05) is 13.6 Å². The molecule has 2 heteroatoms. The van der Waals surface area contributed by atoms with Crippen molar-refractivity contribution >= 4 is 0 Å². The van der Waals surface area contributed by atoms with Gasteiger partial charge in [0.1, 0.15) is 0 Å². The molecule has 2 aliphatic rings. The Kier molecular flexibility index (Phi) is 3.33. The molecule has 0 spiro atoms. The molecule has 0 aromatic carbocycles. The van der Waals surface area contributed by atoms with Crippen molar-refractivity contribution in [1.82, 2.24) is 5.32 Å². The predicted octanol–water partition coefficient (Wildman–Crippen LogP) is 2.24. The minimum atomic E-state index is 0.530. The minimum Gasteiger partial charge on any atom is -0.330 e. The van der Waals surface area contributed by atoms with Crippen LogP contribution in [0.2, 0.25) is 0 Å². The van der Waals surface area contributed by atoms with E-state index in [1.807, 2.05) is 0 Å². The highest BCUT2D eigenvalue weighted by atomic mass is 14.9. The van der Waals surface area contributed by atoms with Gasteiger partial charge in [0.2, 0.25) is 0 Å². The van der Waals surface area contributed by atoms with Gasteiger partial charge in [0.15, 0.2) is 0 Å². The lowest BCUT2D eigenvalue weighted by molar-refractivity contribution is 0.0991. The van der Waals surface area contributed by atoms with Crippen molar-refractivity contribution in [3.63, 3.8) is 0 Å². The Morgan fingerprint density at radius 2 is 1.88 bits per heavy atom. The first-order chi connectivity index (χ1) is 7.48. The lowest BCUT2D eigenvalue weighted by Crippen LogP contribution is -2.48. The Hall–Kier alpha value is -0.0800. The van der Waals surface area contributed by atoms with Gasteiger partial charge in [0.25, 0.3) is 0 Å².